The van der Waals surface area contributed by atoms with Gasteiger partial charge in [-0.3, -0.25) is 4.79 Å². The minimum atomic E-state index is -4.42. The van der Waals surface area contributed by atoms with Gasteiger partial charge in [-0.2, -0.15) is 13.2 Å². The third-order valence-electron chi connectivity index (χ3n) is 3.86. The van der Waals surface area contributed by atoms with Gasteiger partial charge >= 0.3 is 12.1 Å². The van der Waals surface area contributed by atoms with Crippen molar-refractivity contribution in [1.82, 2.24) is 0 Å². The van der Waals surface area contributed by atoms with Crippen LogP contribution in [0, 0.1) is 0 Å². The first-order valence-corrected chi connectivity index (χ1v) is 7.01. The molecule has 0 aliphatic heterocycles. The van der Waals surface area contributed by atoms with Crippen molar-refractivity contribution in [2.75, 3.05) is 0 Å². The zero-order valence-electron chi connectivity index (χ0n) is 12.3. The number of benzene rings is 1. The van der Waals surface area contributed by atoms with Gasteiger partial charge in [0.2, 0.25) is 5.91 Å². The summed E-state index contributed by atoms with van der Waals surface area (Å²) in [6, 6.07) is 4.54. The third kappa shape index (κ3) is 3.72. The maximum absolute atomic E-state index is 12.6. The first-order valence-electron chi connectivity index (χ1n) is 7.01. The van der Waals surface area contributed by atoms with Gasteiger partial charge in [-0.25, -0.2) is 4.79 Å². The van der Waals surface area contributed by atoms with Gasteiger partial charge in [0.15, 0.2) is 0 Å². The van der Waals surface area contributed by atoms with E-state index in [1.807, 2.05) is 0 Å². The van der Waals surface area contributed by atoms with E-state index < -0.39 is 29.2 Å². The molecule has 1 fully saturated rings. The number of carbonyl (C=O) groups is 2. The Morgan fingerprint density at radius 1 is 1.22 bits per heavy atom. The average molecular weight is 327 g/mol. The predicted molar refractivity (Wildman–Crippen MR) is 76.0 cm³/mol. The van der Waals surface area contributed by atoms with Crippen molar-refractivity contribution in [2.45, 2.75) is 37.5 Å². The standard InChI is InChI=1S/C16H16F3NO3/c1-10(9-13(20)21)14(22)23-15(7-2-8-15)11-3-5-12(6-4-11)16(17,18)19/h3-6H,1-2,7-9H2,(H2,20,21). The van der Waals surface area contributed by atoms with Crippen LogP contribution in [-0.4, -0.2) is 11.9 Å². The summed E-state index contributed by atoms with van der Waals surface area (Å²) in [5.74, 6) is -1.47. The van der Waals surface area contributed by atoms with E-state index >= 15 is 0 Å². The number of alkyl halides is 3. The predicted octanol–water partition coefficient (Wildman–Crippen LogP) is 3.06. The normalized spacial score (nSPS) is 16.3. The van der Waals surface area contributed by atoms with Crippen molar-refractivity contribution in [3.8, 4) is 0 Å². The molecule has 1 aliphatic carbocycles. The van der Waals surface area contributed by atoms with E-state index in [4.69, 9.17) is 10.5 Å². The van der Waals surface area contributed by atoms with Gasteiger partial charge in [-0.1, -0.05) is 18.7 Å². The molecule has 0 saturated heterocycles. The molecule has 0 radical (unpaired) electrons. The molecule has 1 amide bonds. The second kappa shape index (κ2) is 6.06. The first kappa shape index (κ1) is 17.1. The molecule has 0 unspecified atom stereocenters. The van der Waals surface area contributed by atoms with Crippen LogP contribution >= 0.6 is 0 Å². The molecule has 0 bridgehead atoms. The number of ether oxygens (including phenoxy) is 1. The highest BCUT2D eigenvalue weighted by Crippen LogP contribution is 2.45. The van der Waals surface area contributed by atoms with Gasteiger partial charge in [-0.05, 0) is 37.0 Å². The molecule has 0 heterocycles. The summed E-state index contributed by atoms with van der Waals surface area (Å²) in [6.07, 6.45) is -2.93. The first-order chi connectivity index (χ1) is 10.6. The summed E-state index contributed by atoms with van der Waals surface area (Å²) >= 11 is 0. The molecule has 1 aromatic rings. The van der Waals surface area contributed by atoms with Gasteiger partial charge in [0, 0.05) is 5.57 Å². The van der Waals surface area contributed by atoms with Crippen molar-refractivity contribution in [1.29, 1.82) is 0 Å². The Morgan fingerprint density at radius 2 is 1.78 bits per heavy atom. The fourth-order valence-electron chi connectivity index (χ4n) is 2.44. The maximum atomic E-state index is 12.6. The fraction of sp³-hybridized carbons (Fsp3) is 0.375. The monoisotopic (exact) mass is 327 g/mol. The molecule has 1 saturated carbocycles. The Labute approximate surface area is 131 Å². The van der Waals surface area contributed by atoms with Crippen LogP contribution in [0.4, 0.5) is 13.2 Å². The van der Waals surface area contributed by atoms with Gasteiger partial charge in [-0.15, -0.1) is 0 Å². The maximum Gasteiger partial charge on any atom is 0.416 e. The molecule has 2 N–H and O–H groups in total. The SMILES string of the molecule is C=C(CC(N)=O)C(=O)OC1(c2ccc(C(F)(F)F)cc2)CCC1. The molecule has 0 aromatic heterocycles. The van der Waals surface area contributed by atoms with Gasteiger partial charge < -0.3 is 10.5 Å². The van der Waals surface area contributed by atoms with Crippen molar-refractivity contribution >= 4 is 11.9 Å². The second-order valence-electron chi connectivity index (χ2n) is 5.56. The topological polar surface area (TPSA) is 69.4 Å². The van der Waals surface area contributed by atoms with Crippen LogP contribution in [-0.2, 0) is 26.1 Å². The van der Waals surface area contributed by atoms with Crippen LogP contribution in [0.2, 0.25) is 0 Å². The summed E-state index contributed by atoms with van der Waals surface area (Å²) < 4.78 is 43.2. The molecule has 7 heteroatoms. The van der Waals surface area contributed by atoms with E-state index in [0.29, 0.717) is 18.4 Å². The molecular weight excluding hydrogens is 311 g/mol. The molecule has 4 nitrogen and oxygen atoms in total. The smallest absolute Gasteiger partial charge is 0.416 e. The lowest BCUT2D eigenvalue weighted by Gasteiger charge is -2.41. The summed E-state index contributed by atoms with van der Waals surface area (Å²) in [6.45, 7) is 3.45. The number of primary amides is 1. The average Bonchev–Trinajstić information content (AvgIpc) is 2.41. The van der Waals surface area contributed by atoms with Crippen LogP contribution in [0.25, 0.3) is 0 Å². The van der Waals surface area contributed by atoms with Crippen molar-refractivity contribution in [3.05, 3.63) is 47.5 Å². The minimum absolute atomic E-state index is 0.0734. The van der Waals surface area contributed by atoms with E-state index in [-0.39, 0.29) is 12.0 Å². The number of rotatable bonds is 5. The van der Waals surface area contributed by atoms with Crippen LogP contribution in [0.15, 0.2) is 36.4 Å². The summed E-state index contributed by atoms with van der Waals surface area (Å²) in [5, 5.41) is 0. The van der Waals surface area contributed by atoms with Gasteiger partial charge in [0.05, 0.1) is 12.0 Å². The zero-order chi connectivity index (χ0) is 17.3. The zero-order valence-corrected chi connectivity index (χ0v) is 12.3. The molecule has 1 aliphatic rings. The van der Waals surface area contributed by atoms with E-state index in [2.05, 4.69) is 6.58 Å². The lowest BCUT2D eigenvalue weighted by atomic mass is 9.74. The molecule has 0 atom stereocenters. The molecule has 23 heavy (non-hydrogen) atoms. The Bertz CT molecular complexity index is 631. The molecule has 2 rings (SSSR count). The third-order valence-corrected chi connectivity index (χ3v) is 3.86. The summed E-state index contributed by atoms with van der Waals surface area (Å²) in [7, 11) is 0. The molecule has 124 valence electrons. The van der Waals surface area contributed by atoms with E-state index in [0.717, 1.165) is 18.6 Å². The van der Waals surface area contributed by atoms with Crippen LogP contribution in [0.1, 0.15) is 36.8 Å². The quantitative estimate of drug-likeness (QED) is 0.667. The molecule has 0 spiro atoms. The van der Waals surface area contributed by atoms with E-state index in [1.54, 1.807) is 0 Å². The largest absolute Gasteiger partial charge is 0.451 e. The summed E-state index contributed by atoms with van der Waals surface area (Å²) in [4.78, 5) is 22.8. The Balaban J connectivity index is 2.16. The van der Waals surface area contributed by atoms with Crippen molar-refractivity contribution in [2.24, 2.45) is 5.73 Å². The second-order valence-corrected chi connectivity index (χ2v) is 5.56. The van der Waals surface area contributed by atoms with Crippen molar-refractivity contribution in [3.63, 3.8) is 0 Å². The molecule has 1 aromatic carbocycles. The lowest BCUT2D eigenvalue weighted by Crippen LogP contribution is -2.39. The lowest BCUT2D eigenvalue weighted by molar-refractivity contribution is -0.167. The number of nitrogens with two attached hydrogens (primary N) is 1. The Hall–Kier alpha value is -2.31. The van der Waals surface area contributed by atoms with E-state index in [1.165, 1.54) is 12.1 Å². The Morgan fingerprint density at radius 3 is 2.17 bits per heavy atom. The van der Waals surface area contributed by atoms with Gasteiger partial charge in [0.1, 0.15) is 5.60 Å². The van der Waals surface area contributed by atoms with E-state index in [9.17, 15) is 22.8 Å². The van der Waals surface area contributed by atoms with Gasteiger partial charge in [0.25, 0.3) is 0 Å². The van der Waals surface area contributed by atoms with Crippen LogP contribution in [0.5, 0.6) is 0 Å². The van der Waals surface area contributed by atoms with Crippen molar-refractivity contribution < 1.29 is 27.5 Å². The highest BCUT2D eigenvalue weighted by atomic mass is 19.4. The van der Waals surface area contributed by atoms with Crippen LogP contribution < -0.4 is 5.73 Å². The minimum Gasteiger partial charge on any atom is -0.451 e. The highest BCUT2D eigenvalue weighted by Gasteiger charge is 2.43. The van der Waals surface area contributed by atoms with Crippen LogP contribution in [0.3, 0.4) is 0 Å². The number of amides is 1. The molecular formula is C16H16F3NO3. The number of carbonyl (C=O) groups excluding carboxylic acids is 2. The number of hydrogen-bond acceptors (Lipinski definition) is 3. The number of hydrogen-bond donors (Lipinski definition) is 1. The summed E-state index contributed by atoms with van der Waals surface area (Å²) in [5.41, 5.74) is 3.70. The number of esters is 1. The highest BCUT2D eigenvalue weighted by molar-refractivity contribution is 5.94. The number of halogens is 3. The fourth-order valence-corrected chi connectivity index (χ4v) is 2.44. The Kier molecular flexibility index (Phi) is 4.49.